The molecule has 20 heavy (non-hydrogen) atoms. The highest BCUT2D eigenvalue weighted by atomic mass is 32.2. The van der Waals surface area contributed by atoms with Crippen LogP contribution in [-0.2, 0) is 14.8 Å². The minimum atomic E-state index is -3.39. The van der Waals surface area contributed by atoms with Crippen LogP contribution >= 0.6 is 0 Å². The minimum Gasteiger partial charge on any atom is -0.481 e. The van der Waals surface area contributed by atoms with Crippen molar-refractivity contribution in [3.63, 3.8) is 0 Å². The first kappa shape index (κ1) is 15.7. The molecule has 1 saturated heterocycles. The summed E-state index contributed by atoms with van der Waals surface area (Å²) in [6.07, 6.45) is 3.02. The summed E-state index contributed by atoms with van der Waals surface area (Å²) in [5.41, 5.74) is -2.59. The van der Waals surface area contributed by atoms with E-state index < -0.39 is 27.0 Å². The van der Waals surface area contributed by atoms with Crippen molar-refractivity contribution >= 4 is 16.0 Å². The second kappa shape index (κ2) is 5.27. The van der Waals surface area contributed by atoms with E-state index in [0.717, 1.165) is 6.42 Å². The van der Waals surface area contributed by atoms with E-state index in [1.54, 1.807) is 6.92 Å². The molecule has 0 amide bonds. The van der Waals surface area contributed by atoms with E-state index >= 15 is 0 Å². The van der Waals surface area contributed by atoms with Gasteiger partial charge in [-0.2, -0.15) is 4.31 Å². The number of hydrogen-bond donors (Lipinski definition) is 2. The van der Waals surface area contributed by atoms with Crippen LogP contribution in [0.25, 0.3) is 0 Å². The van der Waals surface area contributed by atoms with Gasteiger partial charge < -0.3 is 10.2 Å². The van der Waals surface area contributed by atoms with Crippen LogP contribution in [0.5, 0.6) is 0 Å². The third-order valence-electron chi connectivity index (χ3n) is 4.80. The standard InChI is InChI=1S/C13H23NO5S/c1-2-9-20(18,19)14-8-4-7-13(17,10-14)12(11(15)16)5-3-6-12/h17H,2-10H2,1H3,(H,15,16). The predicted octanol–water partition coefficient (Wildman–Crippen LogP) is 0.808. The van der Waals surface area contributed by atoms with Gasteiger partial charge in [0.05, 0.1) is 16.8 Å². The summed E-state index contributed by atoms with van der Waals surface area (Å²) in [6, 6.07) is 0. The molecule has 0 bridgehead atoms. The van der Waals surface area contributed by atoms with E-state index in [0.29, 0.717) is 38.6 Å². The molecule has 0 radical (unpaired) electrons. The summed E-state index contributed by atoms with van der Waals surface area (Å²) in [4.78, 5) is 11.6. The Kier molecular flexibility index (Phi) is 4.15. The maximum atomic E-state index is 12.1. The van der Waals surface area contributed by atoms with Crippen LogP contribution < -0.4 is 0 Å². The Morgan fingerprint density at radius 3 is 2.35 bits per heavy atom. The van der Waals surface area contributed by atoms with Crippen LogP contribution in [0.2, 0.25) is 0 Å². The van der Waals surface area contributed by atoms with Crippen molar-refractivity contribution in [2.75, 3.05) is 18.8 Å². The molecule has 1 atom stereocenters. The Bertz CT molecular complexity index is 485. The Balaban J connectivity index is 2.23. The molecule has 1 heterocycles. The van der Waals surface area contributed by atoms with Crippen LogP contribution in [0.1, 0.15) is 45.4 Å². The van der Waals surface area contributed by atoms with Crippen molar-refractivity contribution in [3.05, 3.63) is 0 Å². The monoisotopic (exact) mass is 305 g/mol. The lowest BCUT2D eigenvalue weighted by atomic mass is 9.56. The van der Waals surface area contributed by atoms with Gasteiger partial charge in [0.15, 0.2) is 0 Å². The maximum absolute atomic E-state index is 12.1. The van der Waals surface area contributed by atoms with Crippen LogP contribution in [0.4, 0.5) is 0 Å². The highest BCUT2D eigenvalue weighted by Crippen LogP contribution is 2.52. The number of rotatable bonds is 5. The Morgan fingerprint density at radius 1 is 1.25 bits per heavy atom. The summed E-state index contributed by atoms with van der Waals surface area (Å²) < 4.78 is 25.6. The van der Waals surface area contributed by atoms with E-state index in [2.05, 4.69) is 0 Å². The average Bonchev–Trinajstić information content (AvgIpc) is 2.26. The fourth-order valence-corrected chi connectivity index (χ4v) is 5.01. The SMILES string of the molecule is CCCS(=O)(=O)N1CCCC(O)(C2(C(=O)O)CCC2)C1. The number of carbonyl (C=O) groups is 1. The molecule has 6 nitrogen and oxygen atoms in total. The summed E-state index contributed by atoms with van der Waals surface area (Å²) in [6.45, 7) is 2.08. The number of aliphatic carboxylic acids is 1. The molecule has 1 aliphatic carbocycles. The predicted molar refractivity (Wildman–Crippen MR) is 73.8 cm³/mol. The van der Waals surface area contributed by atoms with E-state index in [4.69, 9.17) is 0 Å². The second-order valence-electron chi connectivity index (χ2n) is 6.03. The molecule has 1 saturated carbocycles. The van der Waals surface area contributed by atoms with Gasteiger partial charge in [0.2, 0.25) is 10.0 Å². The molecule has 0 aromatic carbocycles. The number of hydrogen-bond acceptors (Lipinski definition) is 4. The van der Waals surface area contributed by atoms with Crippen LogP contribution in [0.3, 0.4) is 0 Å². The molecular weight excluding hydrogens is 282 g/mol. The molecule has 7 heteroatoms. The van der Waals surface area contributed by atoms with Crippen molar-refractivity contribution in [1.29, 1.82) is 0 Å². The van der Waals surface area contributed by atoms with Crippen molar-refractivity contribution in [3.8, 4) is 0 Å². The summed E-state index contributed by atoms with van der Waals surface area (Å²) in [7, 11) is -3.39. The van der Waals surface area contributed by atoms with Gasteiger partial charge in [-0.1, -0.05) is 13.3 Å². The third kappa shape index (κ3) is 2.35. The first-order valence-corrected chi connectivity index (χ1v) is 8.82. The number of nitrogens with zero attached hydrogens (tertiary/aromatic N) is 1. The summed E-state index contributed by atoms with van der Waals surface area (Å²) in [5, 5.41) is 20.3. The highest BCUT2D eigenvalue weighted by molar-refractivity contribution is 7.89. The van der Waals surface area contributed by atoms with Gasteiger partial charge in [0.1, 0.15) is 0 Å². The zero-order valence-corrected chi connectivity index (χ0v) is 12.7. The summed E-state index contributed by atoms with van der Waals surface area (Å²) >= 11 is 0. The van der Waals surface area contributed by atoms with Crippen LogP contribution in [-0.4, -0.2) is 53.3 Å². The first-order chi connectivity index (χ1) is 9.27. The highest BCUT2D eigenvalue weighted by Gasteiger charge is 2.61. The van der Waals surface area contributed by atoms with Crippen LogP contribution in [0, 0.1) is 5.41 Å². The normalized spacial score (nSPS) is 30.7. The molecule has 0 aromatic heterocycles. The topological polar surface area (TPSA) is 94.9 Å². The second-order valence-corrected chi connectivity index (χ2v) is 8.11. The smallest absolute Gasteiger partial charge is 0.312 e. The van der Waals surface area contributed by atoms with Crippen molar-refractivity contribution in [2.45, 2.75) is 51.0 Å². The van der Waals surface area contributed by atoms with E-state index in [9.17, 15) is 23.4 Å². The Hall–Kier alpha value is -0.660. The average molecular weight is 305 g/mol. The lowest BCUT2D eigenvalue weighted by Crippen LogP contribution is -2.64. The lowest BCUT2D eigenvalue weighted by Gasteiger charge is -2.53. The zero-order chi connectivity index (χ0) is 15.0. The molecule has 0 aromatic rings. The molecule has 2 N–H and O–H groups in total. The molecular formula is C13H23NO5S. The van der Waals surface area contributed by atoms with E-state index in [1.165, 1.54) is 4.31 Å². The first-order valence-electron chi connectivity index (χ1n) is 7.21. The quantitative estimate of drug-likeness (QED) is 0.783. The van der Waals surface area contributed by atoms with Gasteiger partial charge in [0, 0.05) is 13.1 Å². The van der Waals surface area contributed by atoms with Gasteiger partial charge in [-0.25, -0.2) is 8.42 Å². The van der Waals surface area contributed by atoms with Gasteiger partial charge in [-0.05, 0) is 32.1 Å². The number of sulfonamides is 1. The van der Waals surface area contributed by atoms with Gasteiger partial charge in [-0.15, -0.1) is 0 Å². The van der Waals surface area contributed by atoms with Crippen molar-refractivity contribution < 1.29 is 23.4 Å². The molecule has 2 aliphatic rings. The number of carboxylic acid groups (broad SMARTS) is 1. The fraction of sp³-hybridized carbons (Fsp3) is 0.923. The number of β-amino-alcohol motifs (C(OH)–C–C–N with tert-alkyl or cyclic N) is 1. The number of aliphatic hydroxyl groups is 1. The lowest BCUT2D eigenvalue weighted by molar-refractivity contribution is -0.191. The third-order valence-corrected chi connectivity index (χ3v) is 6.82. The number of carboxylic acids is 1. The van der Waals surface area contributed by atoms with E-state index in [-0.39, 0.29) is 12.3 Å². The largest absolute Gasteiger partial charge is 0.481 e. The molecule has 2 rings (SSSR count). The molecule has 0 spiro atoms. The molecule has 1 unspecified atom stereocenters. The fourth-order valence-electron chi connectivity index (χ4n) is 3.42. The van der Waals surface area contributed by atoms with E-state index in [1.807, 2.05) is 0 Å². The molecule has 2 fully saturated rings. The molecule has 1 aliphatic heterocycles. The van der Waals surface area contributed by atoms with Gasteiger partial charge >= 0.3 is 5.97 Å². The Morgan fingerprint density at radius 2 is 1.90 bits per heavy atom. The zero-order valence-electron chi connectivity index (χ0n) is 11.8. The van der Waals surface area contributed by atoms with Gasteiger partial charge in [-0.3, -0.25) is 4.79 Å². The molecule has 116 valence electrons. The Labute approximate surface area is 119 Å². The maximum Gasteiger partial charge on any atom is 0.312 e. The van der Waals surface area contributed by atoms with Crippen LogP contribution in [0.15, 0.2) is 0 Å². The summed E-state index contributed by atoms with van der Waals surface area (Å²) in [5.74, 6) is -0.954. The number of piperidine rings is 1. The minimum absolute atomic E-state index is 0.0448. The van der Waals surface area contributed by atoms with Crippen molar-refractivity contribution in [2.24, 2.45) is 5.41 Å². The van der Waals surface area contributed by atoms with Gasteiger partial charge in [0.25, 0.3) is 0 Å². The van der Waals surface area contributed by atoms with Crippen molar-refractivity contribution in [1.82, 2.24) is 4.31 Å².